The van der Waals surface area contributed by atoms with Gasteiger partial charge in [-0.3, -0.25) is 0 Å². The zero-order valence-corrected chi connectivity index (χ0v) is 10.7. The van der Waals surface area contributed by atoms with E-state index in [2.05, 4.69) is 0 Å². The minimum Gasteiger partial charge on any atom is -0.493 e. The second-order valence-electron chi connectivity index (χ2n) is 4.74. The third-order valence-electron chi connectivity index (χ3n) is 3.25. The summed E-state index contributed by atoms with van der Waals surface area (Å²) >= 11 is 0. The Morgan fingerprint density at radius 1 is 1.16 bits per heavy atom. The van der Waals surface area contributed by atoms with Gasteiger partial charge in [0.05, 0.1) is 19.8 Å². The van der Waals surface area contributed by atoms with Crippen LogP contribution < -0.4 is 9.47 Å². The predicted octanol–water partition coefficient (Wildman–Crippen LogP) is 2.79. The summed E-state index contributed by atoms with van der Waals surface area (Å²) in [6.45, 7) is 0. The second-order valence-corrected chi connectivity index (χ2v) is 4.74. The molecular formula is C13H15F3O3. The average Bonchev–Trinajstić information content (AvgIpc) is 3.04. The fourth-order valence-electron chi connectivity index (χ4n) is 2.07. The molecule has 1 fully saturated rings. The third kappa shape index (κ3) is 2.78. The molecule has 106 valence electrons. The van der Waals surface area contributed by atoms with Gasteiger partial charge < -0.3 is 14.6 Å². The Bertz CT molecular complexity index is 479. The van der Waals surface area contributed by atoms with Crippen molar-refractivity contribution >= 4 is 0 Å². The van der Waals surface area contributed by atoms with Crippen LogP contribution in [0.5, 0.6) is 11.5 Å². The Kier molecular flexibility index (Phi) is 3.38. The van der Waals surface area contributed by atoms with Gasteiger partial charge in [0.2, 0.25) is 0 Å². The number of methoxy groups -OCH3 is 2. The van der Waals surface area contributed by atoms with Crippen molar-refractivity contribution in [1.29, 1.82) is 0 Å². The van der Waals surface area contributed by atoms with Crippen molar-refractivity contribution < 1.29 is 27.8 Å². The first-order valence-corrected chi connectivity index (χ1v) is 5.84. The maximum absolute atomic E-state index is 12.8. The molecule has 1 N–H and O–H groups in total. The van der Waals surface area contributed by atoms with E-state index in [4.69, 9.17) is 9.47 Å². The Morgan fingerprint density at radius 3 is 2.16 bits per heavy atom. The van der Waals surface area contributed by atoms with Crippen molar-refractivity contribution in [2.45, 2.75) is 31.0 Å². The molecule has 0 saturated heterocycles. The van der Waals surface area contributed by atoms with Crippen LogP contribution in [0.2, 0.25) is 0 Å². The summed E-state index contributed by atoms with van der Waals surface area (Å²) in [4.78, 5) is 0. The van der Waals surface area contributed by atoms with E-state index in [1.807, 2.05) is 0 Å². The van der Waals surface area contributed by atoms with Gasteiger partial charge >= 0.3 is 6.18 Å². The fraction of sp³-hybridized carbons (Fsp3) is 0.538. The molecule has 1 aliphatic carbocycles. The summed E-state index contributed by atoms with van der Waals surface area (Å²) in [5.74, 6) is -0.297. The van der Waals surface area contributed by atoms with Crippen molar-refractivity contribution in [2.24, 2.45) is 0 Å². The number of rotatable bonds is 4. The number of hydrogen-bond donors (Lipinski definition) is 1. The van der Waals surface area contributed by atoms with E-state index in [0.717, 1.165) is 6.07 Å². The van der Waals surface area contributed by atoms with E-state index in [1.54, 1.807) is 0 Å². The number of aliphatic hydroxyl groups is 1. The molecule has 1 aliphatic rings. The van der Waals surface area contributed by atoms with Gasteiger partial charge in [0.25, 0.3) is 0 Å². The molecule has 0 heterocycles. The largest absolute Gasteiger partial charge is 0.493 e. The number of benzene rings is 1. The van der Waals surface area contributed by atoms with Crippen LogP contribution in [0.4, 0.5) is 13.2 Å². The highest BCUT2D eigenvalue weighted by Crippen LogP contribution is 2.46. The number of halogens is 3. The van der Waals surface area contributed by atoms with E-state index in [-0.39, 0.29) is 17.9 Å². The SMILES string of the molecule is COc1c(CC2(O)CC2)ccc(C(F)(F)F)c1OC. The molecule has 2 rings (SSSR count). The summed E-state index contributed by atoms with van der Waals surface area (Å²) in [5, 5.41) is 9.88. The molecule has 0 radical (unpaired) electrons. The van der Waals surface area contributed by atoms with Crippen LogP contribution in [0.3, 0.4) is 0 Å². The van der Waals surface area contributed by atoms with Crippen LogP contribution in [0.15, 0.2) is 12.1 Å². The Hall–Kier alpha value is -1.43. The van der Waals surface area contributed by atoms with E-state index in [9.17, 15) is 18.3 Å². The van der Waals surface area contributed by atoms with E-state index in [0.29, 0.717) is 18.4 Å². The van der Waals surface area contributed by atoms with Gasteiger partial charge in [-0.15, -0.1) is 0 Å². The second kappa shape index (κ2) is 4.59. The Labute approximate surface area is 108 Å². The maximum atomic E-state index is 12.8. The lowest BCUT2D eigenvalue weighted by molar-refractivity contribution is -0.138. The first kappa shape index (κ1) is 14.0. The number of hydrogen-bond acceptors (Lipinski definition) is 3. The zero-order valence-electron chi connectivity index (χ0n) is 10.7. The van der Waals surface area contributed by atoms with Crippen LogP contribution in [0, 0.1) is 0 Å². The van der Waals surface area contributed by atoms with Gasteiger partial charge in [0.1, 0.15) is 5.56 Å². The van der Waals surface area contributed by atoms with Crippen molar-refractivity contribution in [3.05, 3.63) is 23.3 Å². The standard InChI is InChI=1S/C13H15F3O3/c1-18-10-8(7-12(17)5-6-12)3-4-9(11(10)19-2)13(14,15)16/h3-4,17H,5-7H2,1-2H3. The van der Waals surface area contributed by atoms with Crippen LogP contribution >= 0.6 is 0 Å². The molecule has 1 aromatic carbocycles. The summed E-state index contributed by atoms with van der Waals surface area (Å²) in [6.07, 6.45) is -2.93. The first-order valence-electron chi connectivity index (χ1n) is 5.84. The van der Waals surface area contributed by atoms with Crippen LogP contribution in [-0.4, -0.2) is 24.9 Å². The molecular weight excluding hydrogens is 261 g/mol. The Balaban J connectivity index is 2.47. The highest BCUT2D eigenvalue weighted by molar-refractivity contribution is 5.53. The molecule has 0 bridgehead atoms. The summed E-state index contributed by atoms with van der Waals surface area (Å²) in [7, 11) is 2.46. The van der Waals surface area contributed by atoms with E-state index >= 15 is 0 Å². The minimum atomic E-state index is -4.51. The average molecular weight is 276 g/mol. The summed E-state index contributed by atoms with van der Waals surface area (Å²) in [6, 6.07) is 2.29. The highest BCUT2D eigenvalue weighted by atomic mass is 19.4. The first-order chi connectivity index (χ1) is 8.80. The molecule has 0 spiro atoms. The van der Waals surface area contributed by atoms with Crippen molar-refractivity contribution in [3.8, 4) is 11.5 Å². The highest BCUT2D eigenvalue weighted by Gasteiger charge is 2.42. The van der Waals surface area contributed by atoms with Crippen molar-refractivity contribution in [2.75, 3.05) is 14.2 Å². The van der Waals surface area contributed by atoms with Crippen LogP contribution in [-0.2, 0) is 12.6 Å². The van der Waals surface area contributed by atoms with Crippen molar-refractivity contribution in [3.63, 3.8) is 0 Å². The molecule has 0 atom stereocenters. The van der Waals surface area contributed by atoms with Gasteiger partial charge in [0, 0.05) is 12.0 Å². The van der Waals surface area contributed by atoms with Gasteiger partial charge in [-0.05, 0) is 18.9 Å². The van der Waals surface area contributed by atoms with Crippen LogP contribution in [0.25, 0.3) is 0 Å². The molecule has 6 heteroatoms. The fourth-order valence-corrected chi connectivity index (χ4v) is 2.07. The number of ether oxygens (including phenoxy) is 2. The molecule has 0 unspecified atom stereocenters. The summed E-state index contributed by atoms with van der Waals surface area (Å²) < 4.78 is 48.4. The van der Waals surface area contributed by atoms with Gasteiger partial charge in [-0.2, -0.15) is 13.2 Å². The van der Waals surface area contributed by atoms with Crippen molar-refractivity contribution in [1.82, 2.24) is 0 Å². The lowest BCUT2D eigenvalue weighted by atomic mass is 10.0. The lowest BCUT2D eigenvalue weighted by Crippen LogP contribution is -2.14. The maximum Gasteiger partial charge on any atom is 0.420 e. The Morgan fingerprint density at radius 2 is 1.74 bits per heavy atom. The van der Waals surface area contributed by atoms with Gasteiger partial charge in [0.15, 0.2) is 11.5 Å². The summed E-state index contributed by atoms with van der Waals surface area (Å²) in [5.41, 5.74) is -1.16. The third-order valence-corrected chi connectivity index (χ3v) is 3.25. The number of alkyl halides is 3. The van der Waals surface area contributed by atoms with Gasteiger partial charge in [-0.25, -0.2) is 0 Å². The van der Waals surface area contributed by atoms with E-state index < -0.39 is 17.3 Å². The molecule has 0 aliphatic heterocycles. The lowest BCUT2D eigenvalue weighted by Gasteiger charge is -2.19. The quantitative estimate of drug-likeness (QED) is 0.919. The molecule has 3 nitrogen and oxygen atoms in total. The van der Waals surface area contributed by atoms with Crippen LogP contribution in [0.1, 0.15) is 24.0 Å². The minimum absolute atomic E-state index is 0.0395. The topological polar surface area (TPSA) is 38.7 Å². The molecule has 19 heavy (non-hydrogen) atoms. The van der Waals surface area contributed by atoms with Gasteiger partial charge in [-0.1, -0.05) is 6.07 Å². The molecule has 1 saturated carbocycles. The molecule has 0 aromatic heterocycles. The molecule has 1 aromatic rings. The van der Waals surface area contributed by atoms with E-state index in [1.165, 1.54) is 20.3 Å². The smallest absolute Gasteiger partial charge is 0.420 e. The molecule has 0 amide bonds. The monoisotopic (exact) mass is 276 g/mol. The normalized spacial score (nSPS) is 17.2. The predicted molar refractivity (Wildman–Crippen MR) is 62.4 cm³/mol. The zero-order chi connectivity index (χ0) is 14.3.